The SMILES string of the molecule is CCC1(NC(=O)Cc2cc(C)c(-c3ccccc3)cc2C)CCCCC1.Cc1cc(-c2ccccc2)c(C)cc1C1=C(O)C2(CCCCC2)NC1=O.O=C=O. The van der Waals surface area contributed by atoms with Gasteiger partial charge in [0.15, 0.2) is 0 Å². The lowest BCUT2D eigenvalue weighted by molar-refractivity contribution is -0.191. The molecule has 0 atom stereocenters. The Morgan fingerprint density at radius 3 is 1.67 bits per heavy atom. The minimum Gasteiger partial charge on any atom is -0.509 e. The number of amides is 2. The molecule has 0 radical (unpaired) electrons. The van der Waals surface area contributed by atoms with Crippen LogP contribution in [0.5, 0.6) is 0 Å². The van der Waals surface area contributed by atoms with E-state index >= 15 is 0 Å². The Hall–Kier alpha value is -5.26. The van der Waals surface area contributed by atoms with E-state index < -0.39 is 5.54 Å². The molecule has 288 valence electrons. The molecule has 4 aromatic rings. The van der Waals surface area contributed by atoms with Crippen LogP contribution in [0.2, 0.25) is 0 Å². The van der Waals surface area contributed by atoms with E-state index in [1.54, 1.807) is 0 Å². The number of benzene rings is 4. The molecule has 0 bridgehead atoms. The predicted molar refractivity (Wildman–Crippen MR) is 219 cm³/mol. The highest BCUT2D eigenvalue weighted by Crippen LogP contribution is 2.42. The van der Waals surface area contributed by atoms with Crippen molar-refractivity contribution in [1.29, 1.82) is 0 Å². The van der Waals surface area contributed by atoms with Crippen molar-refractivity contribution < 1.29 is 24.3 Å². The van der Waals surface area contributed by atoms with Crippen molar-refractivity contribution in [3.05, 3.63) is 124 Å². The number of hydrogen-bond acceptors (Lipinski definition) is 5. The second-order valence-electron chi connectivity index (χ2n) is 15.6. The first-order chi connectivity index (χ1) is 26.5. The van der Waals surface area contributed by atoms with Crippen LogP contribution in [0.15, 0.2) is 90.7 Å². The maximum Gasteiger partial charge on any atom is 0.373 e. The summed E-state index contributed by atoms with van der Waals surface area (Å²) in [5, 5.41) is 17.5. The van der Waals surface area contributed by atoms with E-state index in [-0.39, 0.29) is 29.3 Å². The van der Waals surface area contributed by atoms with E-state index in [0.29, 0.717) is 12.0 Å². The molecule has 7 nitrogen and oxygen atoms in total. The van der Waals surface area contributed by atoms with E-state index in [4.69, 9.17) is 9.59 Å². The molecule has 0 aromatic heterocycles. The molecule has 0 unspecified atom stereocenters. The summed E-state index contributed by atoms with van der Waals surface area (Å²) in [6.45, 7) is 10.5. The number of rotatable bonds is 7. The van der Waals surface area contributed by atoms with Crippen LogP contribution in [0.4, 0.5) is 0 Å². The first-order valence-electron chi connectivity index (χ1n) is 19.9. The maximum atomic E-state index is 12.8. The van der Waals surface area contributed by atoms with Gasteiger partial charge in [-0.15, -0.1) is 0 Å². The first-order valence-corrected chi connectivity index (χ1v) is 19.9. The van der Waals surface area contributed by atoms with Gasteiger partial charge in [0, 0.05) is 5.54 Å². The van der Waals surface area contributed by atoms with Gasteiger partial charge in [0.05, 0.1) is 17.5 Å². The number of aryl methyl sites for hydroxylation is 4. The van der Waals surface area contributed by atoms with Gasteiger partial charge in [0.25, 0.3) is 5.91 Å². The fourth-order valence-corrected chi connectivity index (χ4v) is 8.77. The fourth-order valence-electron chi connectivity index (χ4n) is 8.77. The van der Waals surface area contributed by atoms with Crippen molar-refractivity contribution in [3.63, 3.8) is 0 Å². The lowest BCUT2D eigenvalue weighted by atomic mass is 9.79. The Morgan fingerprint density at radius 2 is 1.15 bits per heavy atom. The number of aliphatic hydroxyl groups excluding tert-OH is 1. The molecule has 1 aliphatic heterocycles. The smallest absolute Gasteiger partial charge is 0.373 e. The lowest BCUT2D eigenvalue weighted by Crippen LogP contribution is -2.49. The summed E-state index contributed by atoms with van der Waals surface area (Å²) in [4.78, 5) is 41.8. The molecule has 0 saturated heterocycles. The molecule has 2 fully saturated rings. The van der Waals surface area contributed by atoms with Gasteiger partial charge in [-0.3, -0.25) is 9.59 Å². The molecule has 4 aromatic carbocycles. The quantitative estimate of drug-likeness (QED) is 0.175. The largest absolute Gasteiger partial charge is 0.509 e. The number of carbonyl (C=O) groups excluding carboxylic acids is 4. The Labute approximate surface area is 326 Å². The highest BCUT2D eigenvalue weighted by atomic mass is 16.3. The van der Waals surface area contributed by atoms with Crippen LogP contribution >= 0.6 is 0 Å². The molecule has 55 heavy (non-hydrogen) atoms. The zero-order chi connectivity index (χ0) is 39.6. The summed E-state index contributed by atoms with van der Waals surface area (Å²) in [5.41, 5.74) is 11.3. The van der Waals surface area contributed by atoms with Gasteiger partial charge in [-0.05, 0) is 115 Å². The molecule has 2 aliphatic carbocycles. The third-order valence-electron chi connectivity index (χ3n) is 11.9. The van der Waals surface area contributed by atoms with Crippen LogP contribution in [0, 0.1) is 27.7 Å². The summed E-state index contributed by atoms with van der Waals surface area (Å²) in [7, 11) is 0. The third kappa shape index (κ3) is 9.52. The van der Waals surface area contributed by atoms with E-state index in [0.717, 1.165) is 78.3 Å². The van der Waals surface area contributed by atoms with Gasteiger partial charge < -0.3 is 15.7 Å². The van der Waals surface area contributed by atoms with Crippen molar-refractivity contribution in [3.8, 4) is 22.3 Å². The highest BCUT2D eigenvalue weighted by molar-refractivity contribution is 6.23. The molecular formula is C48H56N2O5. The molecule has 1 spiro atoms. The number of carbonyl (C=O) groups is 2. The minimum atomic E-state index is -0.539. The summed E-state index contributed by atoms with van der Waals surface area (Å²) in [6, 6.07) is 29.3. The number of nitrogens with one attached hydrogen (secondary N) is 2. The molecule has 3 aliphatic rings. The van der Waals surface area contributed by atoms with Crippen LogP contribution in [-0.4, -0.2) is 34.2 Å². The molecule has 7 heteroatoms. The number of hydrogen-bond donors (Lipinski definition) is 3. The molecule has 1 heterocycles. The molecule has 2 amide bonds. The van der Waals surface area contributed by atoms with Crippen molar-refractivity contribution in [2.45, 2.75) is 123 Å². The van der Waals surface area contributed by atoms with Gasteiger partial charge >= 0.3 is 6.15 Å². The monoisotopic (exact) mass is 740 g/mol. The predicted octanol–water partition coefficient (Wildman–Crippen LogP) is 10.2. The molecule has 3 N–H and O–H groups in total. The zero-order valence-corrected chi connectivity index (χ0v) is 33.1. The van der Waals surface area contributed by atoms with Crippen molar-refractivity contribution in [2.24, 2.45) is 0 Å². The summed E-state index contributed by atoms with van der Waals surface area (Å²) < 4.78 is 0. The lowest BCUT2D eigenvalue weighted by Gasteiger charge is -2.37. The van der Waals surface area contributed by atoms with Gasteiger partial charge in [0.1, 0.15) is 5.76 Å². The number of aliphatic hydroxyl groups is 1. The Balaban J connectivity index is 0.000000197. The highest BCUT2D eigenvalue weighted by Gasteiger charge is 2.46. The third-order valence-corrected chi connectivity index (χ3v) is 11.9. The van der Waals surface area contributed by atoms with Gasteiger partial charge in [0.2, 0.25) is 5.91 Å². The topological polar surface area (TPSA) is 113 Å². The first kappa shape index (κ1) is 40.9. The average Bonchev–Trinajstić information content (AvgIpc) is 3.42. The second kappa shape index (κ2) is 18.4. The zero-order valence-electron chi connectivity index (χ0n) is 33.1. The summed E-state index contributed by atoms with van der Waals surface area (Å²) in [6.07, 6.45) is 12.7. The summed E-state index contributed by atoms with van der Waals surface area (Å²) in [5.74, 6) is 0.278. The van der Waals surface area contributed by atoms with Crippen LogP contribution in [0.25, 0.3) is 27.8 Å². The normalized spacial score (nSPS) is 16.9. The van der Waals surface area contributed by atoms with E-state index in [1.165, 1.54) is 47.9 Å². The Bertz CT molecular complexity index is 2030. The maximum absolute atomic E-state index is 12.8. The van der Waals surface area contributed by atoms with Crippen molar-refractivity contribution in [1.82, 2.24) is 10.6 Å². The van der Waals surface area contributed by atoms with Crippen molar-refractivity contribution >= 4 is 23.5 Å². The van der Waals surface area contributed by atoms with Crippen LogP contribution in [0.1, 0.15) is 111 Å². The van der Waals surface area contributed by atoms with E-state index in [2.05, 4.69) is 92.9 Å². The second-order valence-corrected chi connectivity index (χ2v) is 15.6. The van der Waals surface area contributed by atoms with Gasteiger partial charge in [-0.1, -0.05) is 130 Å². The average molecular weight is 741 g/mol. The van der Waals surface area contributed by atoms with Crippen LogP contribution < -0.4 is 10.6 Å². The standard InChI is InChI=1S/C24H31NO.C23H25NO2.CO2/c1-4-24(13-9-6-10-14-24)25-23(26)17-21-15-19(3)22(16-18(21)2)20-11-7-5-8-12-20;1-15-14-19(16(2)13-18(15)17-9-5-3-6-10-17)20-21(25)23(24-22(20)26)11-7-4-8-12-23;2-1-3/h5,7-8,11-12,15-16H,4,6,9-10,13-14,17H2,1-3H3,(H,25,26);3,5-6,9-10,13-14,25H,4,7-8,11-12H2,1-2H3,(H,24,26);. The Kier molecular flexibility index (Phi) is 13.7. The molecule has 2 saturated carbocycles. The molecule has 7 rings (SSSR count). The molecular weight excluding hydrogens is 685 g/mol. The van der Waals surface area contributed by atoms with Crippen molar-refractivity contribution in [2.75, 3.05) is 0 Å². The Morgan fingerprint density at radius 1 is 0.691 bits per heavy atom. The summed E-state index contributed by atoms with van der Waals surface area (Å²) >= 11 is 0. The van der Waals surface area contributed by atoms with Crippen LogP contribution in [0.3, 0.4) is 0 Å². The van der Waals surface area contributed by atoms with Gasteiger partial charge in [-0.2, -0.15) is 9.59 Å². The fraction of sp³-hybridized carbons (Fsp3) is 0.396. The van der Waals surface area contributed by atoms with Gasteiger partial charge in [-0.25, -0.2) is 0 Å². The minimum absolute atomic E-state index is 0.0300. The van der Waals surface area contributed by atoms with E-state index in [1.807, 2.05) is 37.3 Å². The van der Waals surface area contributed by atoms with Crippen LogP contribution in [-0.2, 0) is 25.6 Å². The van der Waals surface area contributed by atoms with E-state index in [9.17, 15) is 14.7 Å².